The molecule has 0 aliphatic rings. The van der Waals surface area contributed by atoms with E-state index >= 15 is 0 Å². The fraction of sp³-hybridized carbons (Fsp3) is 0.727. The normalized spacial score (nSPS) is 11.3. The molecule has 108 valence electrons. The summed E-state index contributed by atoms with van der Waals surface area (Å²) in [6, 6.07) is 0.0571. The highest BCUT2D eigenvalue weighted by molar-refractivity contribution is 5.90. The summed E-state index contributed by atoms with van der Waals surface area (Å²) in [6.45, 7) is 4.33. The van der Waals surface area contributed by atoms with Crippen LogP contribution in [0.25, 0.3) is 0 Å². The number of rotatable bonds is 8. The minimum atomic E-state index is -0.333. The Morgan fingerprint density at radius 3 is 2.42 bits per heavy atom. The van der Waals surface area contributed by atoms with Gasteiger partial charge in [-0.2, -0.15) is 0 Å². The quantitative estimate of drug-likeness (QED) is 0.580. The van der Waals surface area contributed by atoms with Crippen molar-refractivity contribution in [3.05, 3.63) is 5.89 Å². The summed E-state index contributed by atoms with van der Waals surface area (Å²) in [7, 11) is 0. The van der Waals surface area contributed by atoms with Crippen molar-refractivity contribution in [2.24, 2.45) is 0 Å². The standard InChI is InChI=1S/C11H20N4O4/c1-8(2)10-13-14-11(19-10)12-9(18)7-15(3-5-16)4-6-17/h8,16-17H,3-7H2,1-2H3,(H,12,14,18). The number of amides is 1. The molecular weight excluding hydrogens is 252 g/mol. The van der Waals surface area contributed by atoms with Gasteiger partial charge in [-0.15, -0.1) is 5.10 Å². The predicted octanol–water partition coefficient (Wildman–Crippen LogP) is -0.582. The summed E-state index contributed by atoms with van der Waals surface area (Å²) in [5.41, 5.74) is 0. The Morgan fingerprint density at radius 1 is 1.32 bits per heavy atom. The van der Waals surface area contributed by atoms with Crippen molar-refractivity contribution in [3.8, 4) is 0 Å². The molecule has 0 radical (unpaired) electrons. The van der Waals surface area contributed by atoms with Gasteiger partial charge in [-0.1, -0.05) is 18.9 Å². The third kappa shape index (κ3) is 5.33. The second-order valence-electron chi connectivity index (χ2n) is 4.37. The lowest BCUT2D eigenvalue weighted by Crippen LogP contribution is -2.37. The zero-order valence-electron chi connectivity index (χ0n) is 11.2. The molecule has 8 heteroatoms. The molecule has 3 N–H and O–H groups in total. The lowest BCUT2D eigenvalue weighted by molar-refractivity contribution is -0.117. The van der Waals surface area contributed by atoms with Crippen LogP contribution in [0.2, 0.25) is 0 Å². The molecule has 0 spiro atoms. The molecule has 8 nitrogen and oxygen atoms in total. The molecule has 1 aromatic heterocycles. The zero-order valence-corrected chi connectivity index (χ0v) is 11.2. The van der Waals surface area contributed by atoms with Crippen LogP contribution in [-0.2, 0) is 4.79 Å². The number of hydrogen-bond donors (Lipinski definition) is 3. The smallest absolute Gasteiger partial charge is 0.322 e. The average molecular weight is 272 g/mol. The third-order valence-corrected chi connectivity index (χ3v) is 2.38. The van der Waals surface area contributed by atoms with Gasteiger partial charge in [0.25, 0.3) is 0 Å². The second-order valence-corrected chi connectivity index (χ2v) is 4.37. The summed E-state index contributed by atoms with van der Waals surface area (Å²) >= 11 is 0. The summed E-state index contributed by atoms with van der Waals surface area (Å²) < 4.78 is 5.25. The first kappa shape index (κ1) is 15.5. The van der Waals surface area contributed by atoms with Crippen LogP contribution in [0.5, 0.6) is 0 Å². The van der Waals surface area contributed by atoms with Gasteiger partial charge in [-0.3, -0.25) is 15.0 Å². The number of nitrogens with one attached hydrogen (secondary N) is 1. The molecule has 1 heterocycles. The van der Waals surface area contributed by atoms with Gasteiger partial charge in [0, 0.05) is 19.0 Å². The van der Waals surface area contributed by atoms with Crippen molar-refractivity contribution < 1.29 is 19.4 Å². The summed E-state index contributed by atoms with van der Waals surface area (Å²) in [6.07, 6.45) is 0. The first-order valence-corrected chi connectivity index (χ1v) is 6.14. The van der Waals surface area contributed by atoms with Crippen LogP contribution < -0.4 is 5.32 Å². The molecule has 0 saturated heterocycles. The largest absolute Gasteiger partial charge is 0.408 e. The average Bonchev–Trinajstić information content (AvgIpc) is 2.78. The number of carbonyl (C=O) groups excluding carboxylic acids is 1. The van der Waals surface area contributed by atoms with Gasteiger partial charge in [0.1, 0.15) is 0 Å². The van der Waals surface area contributed by atoms with Crippen molar-refractivity contribution in [3.63, 3.8) is 0 Å². The molecule has 1 rings (SSSR count). The highest BCUT2D eigenvalue weighted by Crippen LogP contribution is 2.14. The van der Waals surface area contributed by atoms with Crippen molar-refractivity contribution in [2.75, 3.05) is 38.2 Å². The molecule has 0 aromatic carbocycles. The molecule has 0 aliphatic heterocycles. The van der Waals surface area contributed by atoms with Crippen LogP contribution >= 0.6 is 0 Å². The maximum absolute atomic E-state index is 11.7. The van der Waals surface area contributed by atoms with E-state index in [4.69, 9.17) is 14.6 Å². The van der Waals surface area contributed by atoms with E-state index in [0.717, 1.165) is 0 Å². The number of anilines is 1. The maximum Gasteiger partial charge on any atom is 0.322 e. The van der Waals surface area contributed by atoms with E-state index in [1.54, 1.807) is 4.90 Å². The van der Waals surface area contributed by atoms with Crippen molar-refractivity contribution in [1.82, 2.24) is 15.1 Å². The minimum Gasteiger partial charge on any atom is -0.408 e. The predicted molar refractivity (Wildman–Crippen MR) is 67.6 cm³/mol. The lowest BCUT2D eigenvalue weighted by Gasteiger charge is -2.18. The van der Waals surface area contributed by atoms with Crippen LogP contribution in [0.1, 0.15) is 25.7 Å². The first-order valence-electron chi connectivity index (χ1n) is 6.14. The van der Waals surface area contributed by atoms with Crippen molar-refractivity contribution in [2.45, 2.75) is 19.8 Å². The molecule has 1 aromatic rings. The molecular formula is C11H20N4O4. The number of aliphatic hydroxyl groups is 2. The van der Waals surface area contributed by atoms with E-state index in [1.165, 1.54) is 0 Å². The van der Waals surface area contributed by atoms with Crippen LogP contribution in [0, 0.1) is 0 Å². The molecule has 0 aliphatic carbocycles. The topological polar surface area (TPSA) is 112 Å². The summed E-state index contributed by atoms with van der Waals surface area (Å²) in [5, 5.41) is 27.7. The number of hydrogen-bond acceptors (Lipinski definition) is 7. The van der Waals surface area contributed by atoms with Crippen LogP contribution in [0.15, 0.2) is 4.42 Å². The van der Waals surface area contributed by atoms with Gasteiger partial charge in [0.15, 0.2) is 0 Å². The maximum atomic E-state index is 11.7. The number of aliphatic hydroxyl groups excluding tert-OH is 2. The Morgan fingerprint density at radius 2 is 1.95 bits per heavy atom. The van der Waals surface area contributed by atoms with E-state index in [-0.39, 0.29) is 37.6 Å². The van der Waals surface area contributed by atoms with Gasteiger partial charge >= 0.3 is 6.01 Å². The van der Waals surface area contributed by atoms with Gasteiger partial charge in [0.05, 0.1) is 19.8 Å². The Kier molecular flexibility index (Phi) is 6.40. The zero-order chi connectivity index (χ0) is 14.3. The SMILES string of the molecule is CC(C)c1nnc(NC(=O)CN(CCO)CCO)o1. The van der Waals surface area contributed by atoms with E-state index in [9.17, 15) is 4.79 Å². The van der Waals surface area contributed by atoms with E-state index in [1.807, 2.05) is 13.8 Å². The molecule has 19 heavy (non-hydrogen) atoms. The lowest BCUT2D eigenvalue weighted by atomic mass is 10.2. The third-order valence-electron chi connectivity index (χ3n) is 2.38. The highest BCUT2D eigenvalue weighted by Gasteiger charge is 2.14. The van der Waals surface area contributed by atoms with Gasteiger partial charge < -0.3 is 14.6 Å². The van der Waals surface area contributed by atoms with Crippen molar-refractivity contribution in [1.29, 1.82) is 0 Å². The Bertz CT molecular complexity index is 388. The monoisotopic (exact) mass is 272 g/mol. The summed E-state index contributed by atoms with van der Waals surface area (Å²) in [5.74, 6) is 0.220. The van der Waals surface area contributed by atoms with Crippen LogP contribution in [-0.4, -0.2) is 64.1 Å². The molecule has 0 bridgehead atoms. The van der Waals surface area contributed by atoms with Gasteiger partial charge in [-0.25, -0.2) is 0 Å². The Labute approximate surface area is 111 Å². The van der Waals surface area contributed by atoms with Crippen LogP contribution in [0.3, 0.4) is 0 Å². The molecule has 0 unspecified atom stereocenters. The highest BCUT2D eigenvalue weighted by atomic mass is 16.4. The number of carbonyl (C=O) groups is 1. The summed E-state index contributed by atoms with van der Waals surface area (Å²) in [4.78, 5) is 13.3. The van der Waals surface area contributed by atoms with Gasteiger partial charge in [-0.05, 0) is 0 Å². The first-order chi connectivity index (χ1) is 9.06. The van der Waals surface area contributed by atoms with E-state index < -0.39 is 0 Å². The fourth-order valence-electron chi connectivity index (χ4n) is 1.43. The molecule has 0 saturated carbocycles. The van der Waals surface area contributed by atoms with Gasteiger partial charge in [0.2, 0.25) is 11.8 Å². The molecule has 0 fully saturated rings. The number of aromatic nitrogens is 2. The Hall–Kier alpha value is -1.51. The number of nitrogens with zero attached hydrogens (tertiary/aromatic N) is 3. The fourth-order valence-corrected chi connectivity index (χ4v) is 1.43. The van der Waals surface area contributed by atoms with E-state index in [0.29, 0.717) is 19.0 Å². The van der Waals surface area contributed by atoms with Crippen LogP contribution in [0.4, 0.5) is 6.01 Å². The Balaban J connectivity index is 2.48. The molecule has 1 amide bonds. The second kappa shape index (κ2) is 7.82. The van der Waals surface area contributed by atoms with E-state index in [2.05, 4.69) is 15.5 Å². The van der Waals surface area contributed by atoms with Crippen molar-refractivity contribution >= 4 is 11.9 Å². The molecule has 0 atom stereocenters. The minimum absolute atomic E-state index is 0.0422.